The average molecular weight is 505 g/mol. The summed E-state index contributed by atoms with van der Waals surface area (Å²) in [6.45, 7) is 6.59. The van der Waals surface area contributed by atoms with Gasteiger partial charge in [0.1, 0.15) is 16.2 Å². The van der Waals surface area contributed by atoms with Gasteiger partial charge in [0.2, 0.25) is 0 Å². The van der Waals surface area contributed by atoms with Crippen LogP contribution in [-0.4, -0.2) is 18.6 Å². The molecule has 0 atom stereocenters. The molecule has 1 N–H and O–H groups in total. The molecule has 0 aromatic heterocycles. The summed E-state index contributed by atoms with van der Waals surface area (Å²) < 4.78 is 41.4. The molecule has 0 fully saturated rings. The standard InChI is InChI=1S/C30H48O4S/c1-4-6-8-10-12-14-18-24-30(3,25-19-15-13-11-9-7-5-2)34-28-23-22-26-20-16-17-21-27(26)29(28)35(31,32)33/h16-17,20-23H,4-15,18-19,24-25H2,1-3H3,(H,31,32,33). The van der Waals surface area contributed by atoms with E-state index in [1.165, 1.54) is 77.0 Å². The fraction of sp³-hybridized carbons (Fsp3) is 0.667. The molecule has 5 heteroatoms. The molecule has 0 spiro atoms. The molecule has 0 saturated heterocycles. The maximum absolute atomic E-state index is 12.4. The van der Waals surface area contributed by atoms with Crippen molar-refractivity contribution < 1.29 is 17.7 Å². The topological polar surface area (TPSA) is 63.6 Å². The van der Waals surface area contributed by atoms with E-state index in [0.717, 1.165) is 31.1 Å². The molecule has 0 saturated carbocycles. The highest BCUT2D eigenvalue weighted by Crippen LogP contribution is 2.37. The zero-order valence-corrected chi connectivity index (χ0v) is 23.2. The van der Waals surface area contributed by atoms with Crippen molar-refractivity contribution >= 4 is 20.9 Å². The Morgan fingerprint density at radius 2 is 1.20 bits per heavy atom. The van der Waals surface area contributed by atoms with E-state index in [4.69, 9.17) is 4.74 Å². The molecular formula is C30H48O4S. The minimum atomic E-state index is -4.43. The molecule has 0 bridgehead atoms. The van der Waals surface area contributed by atoms with Crippen LogP contribution in [0.4, 0.5) is 0 Å². The lowest BCUT2D eigenvalue weighted by Crippen LogP contribution is -2.33. The molecule has 35 heavy (non-hydrogen) atoms. The maximum atomic E-state index is 12.4. The molecule has 198 valence electrons. The number of fused-ring (bicyclic) bond motifs is 1. The molecule has 0 radical (unpaired) electrons. The maximum Gasteiger partial charge on any atom is 0.298 e. The van der Waals surface area contributed by atoms with Crippen LogP contribution in [0.15, 0.2) is 41.3 Å². The van der Waals surface area contributed by atoms with Crippen molar-refractivity contribution in [2.45, 2.75) is 134 Å². The van der Waals surface area contributed by atoms with E-state index in [1.807, 2.05) is 18.2 Å². The number of unbranched alkanes of at least 4 members (excludes halogenated alkanes) is 12. The van der Waals surface area contributed by atoms with Crippen LogP contribution >= 0.6 is 0 Å². The third kappa shape index (κ3) is 10.5. The van der Waals surface area contributed by atoms with Crippen molar-refractivity contribution in [2.24, 2.45) is 0 Å². The third-order valence-electron chi connectivity index (χ3n) is 7.08. The van der Waals surface area contributed by atoms with E-state index in [2.05, 4.69) is 20.8 Å². The molecule has 0 unspecified atom stereocenters. The molecule has 4 nitrogen and oxygen atoms in total. The Morgan fingerprint density at radius 3 is 1.71 bits per heavy atom. The molecular weight excluding hydrogens is 456 g/mol. The summed E-state index contributed by atoms with van der Waals surface area (Å²) in [4.78, 5) is -0.110. The molecule has 0 amide bonds. The van der Waals surface area contributed by atoms with Crippen LogP contribution in [-0.2, 0) is 10.1 Å². The van der Waals surface area contributed by atoms with Crippen LogP contribution in [0.1, 0.15) is 124 Å². The van der Waals surface area contributed by atoms with E-state index in [0.29, 0.717) is 5.39 Å². The van der Waals surface area contributed by atoms with E-state index in [-0.39, 0.29) is 10.6 Å². The van der Waals surface area contributed by atoms with Gasteiger partial charge in [-0.15, -0.1) is 0 Å². The largest absolute Gasteiger partial charge is 0.486 e. The second kappa shape index (κ2) is 15.5. The van der Waals surface area contributed by atoms with Gasteiger partial charge < -0.3 is 4.74 Å². The van der Waals surface area contributed by atoms with Gasteiger partial charge in [-0.3, -0.25) is 4.55 Å². The fourth-order valence-electron chi connectivity index (χ4n) is 4.97. The summed E-state index contributed by atoms with van der Waals surface area (Å²) >= 11 is 0. The van der Waals surface area contributed by atoms with Crippen molar-refractivity contribution in [1.82, 2.24) is 0 Å². The smallest absolute Gasteiger partial charge is 0.298 e. The first-order valence-electron chi connectivity index (χ1n) is 14.0. The van der Waals surface area contributed by atoms with Crippen molar-refractivity contribution in [3.8, 4) is 5.75 Å². The van der Waals surface area contributed by atoms with Crippen molar-refractivity contribution in [2.75, 3.05) is 0 Å². The van der Waals surface area contributed by atoms with E-state index >= 15 is 0 Å². The van der Waals surface area contributed by atoms with Gasteiger partial charge in [0.15, 0.2) is 0 Å². The lowest BCUT2D eigenvalue weighted by Gasteiger charge is -2.32. The van der Waals surface area contributed by atoms with Crippen molar-refractivity contribution in [3.63, 3.8) is 0 Å². The van der Waals surface area contributed by atoms with Gasteiger partial charge >= 0.3 is 0 Å². The first-order valence-corrected chi connectivity index (χ1v) is 15.4. The second-order valence-corrected chi connectivity index (χ2v) is 11.7. The summed E-state index contributed by atoms with van der Waals surface area (Å²) in [5.41, 5.74) is -0.464. The first-order chi connectivity index (χ1) is 16.8. The first kappa shape index (κ1) is 29.6. The molecule has 0 aliphatic heterocycles. The zero-order chi connectivity index (χ0) is 25.6. The third-order valence-corrected chi connectivity index (χ3v) is 8.01. The van der Waals surface area contributed by atoms with Gasteiger partial charge in [0.25, 0.3) is 10.1 Å². The van der Waals surface area contributed by atoms with Gasteiger partial charge in [-0.2, -0.15) is 8.42 Å². The van der Waals surface area contributed by atoms with Gasteiger partial charge in [-0.25, -0.2) is 0 Å². The fourth-order valence-corrected chi connectivity index (χ4v) is 5.80. The van der Waals surface area contributed by atoms with E-state index in [1.54, 1.807) is 18.2 Å². The van der Waals surface area contributed by atoms with Gasteiger partial charge in [0.05, 0.1) is 0 Å². The number of hydrogen-bond acceptors (Lipinski definition) is 3. The molecule has 2 rings (SSSR count). The van der Waals surface area contributed by atoms with Crippen LogP contribution in [0.5, 0.6) is 5.75 Å². The molecule has 0 aliphatic carbocycles. The molecule has 0 heterocycles. The highest BCUT2D eigenvalue weighted by molar-refractivity contribution is 7.86. The highest BCUT2D eigenvalue weighted by atomic mass is 32.2. The lowest BCUT2D eigenvalue weighted by molar-refractivity contribution is 0.0606. The van der Waals surface area contributed by atoms with E-state index in [9.17, 15) is 13.0 Å². The lowest BCUT2D eigenvalue weighted by atomic mass is 9.91. The van der Waals surface area contributed by atoms with Crippen LogP contribution in [0.25, 0.3) is 10.8 Å². The van der Waals surface area contributed by atoms with E-state index < -0.39 is 15.7 Å². The summed E-state index contributed by atoms with van der Waals surface area (Å²) in [6, 6.07) is 10.8. The normalized spacial score (nSPS) is 12.3. The number of hydrogen-bond donors (Lipinski definition) is 1. The Morgan fingerprint density at radius 1 is 0.714 bits per heavy atom. The number of benzene rings is 2. The summed E-state index contributed by atoms with van der Waals surface area (Å²) in [5, 5.41) is 1.27. The van der Waals surface area contributed by atoms with Gasteiger partial charge in [-0.1, -0.05) is 121 Å². The molecule has 0 aliphatic rings. The Labute approximate surface area is 214 Å². The molecule has 2 aromatic rings. The minimum Gasteiger partial charge on any atom is -0.486 e. The Kier molecular flexibility index (Phi) is 13.1. The summed E-state index contributed by atoms with van der Waals surface area (Å²) in [5.74, 6) is 0.264. The highest BCUT2D eigenvalue weighted by Gasteiger charge is 2.29. The predicted molar refractivity (Wildman–Crippen MR) is 148 cm³/mol. The van der Waals surface area contributed by atoms with Crippen LogP contribution in [0, 0.1) is 0 Å². The van der Waals surface area contributed by atoms with Crippen LogP contribution in [0.3, 0.4) is 0 Å². The Balaban J connectivity index is 2.12. The van der Waals surface area contributed by atoms with Crippen LogP contribution in [0.2, 0.25) is 0 Å². The SMILES string of the molecule is CCCCCCCCCC(C)(CCCCCCCCC)Oc1ccc2ccccc2c1S(=O)(=O)O. The van der Waals surface area contributed by atoms with Crippen molar-refractivity contribution in [3.05, 3.63) is 36.4 Å². The number of ether oxygens (including phenoxy) is 1. The van der Waals surface area contributed by atoms with Crippen molar-refractivity contribution in [1.29, 1.82) is 0 Å². The van der Waals surface area contributed by atoms with Gasteiger partial charge in [0, 0.05) is 5.39 Å². The quantitative estimate of drug-likeness (QED) is 0.153. The van der Waals surface area contributed by atoms with Crippen LogP contribution < -0.4 is 4.74 Å². The Bertz CT molecular complexity index is 949. The average Bonchev–Trinajstić information content (AvgIpc) is 2.82. The minimum absolute atomic E-state index is 0.110. The predicted octanol–water partition coefficient (Wildman–Crippen LogP) is 9.51. The van der Waals surface area contributed by atoms with Gasteiger partial charge in [-0.05, 0) is 44.1 Å². The zero-order valence-electron chi connectivity index (χ0n) is 22.4. The monoisotopic (exact) mass is 504 g/mol. The summed E-state index contributed by atoms with van der Waals surface area (Å²) in [7, 11) is -4.43. The number of rotatable bonds is 19. The Hall–Kier alpha value is -1.59. The summed E-state index contributed by atoms with van der Waals surface area (Å²) in [6.07, 6.45) is 19.0. The second-order valence-electron chi connectivity index (χ2n) is 10.4. The molecule has 2 aromatic carbocycles.